The van der Waals surface area contributed by atoms with Gasteiger partial charge < -0.3 is 9.84 Å². The average molecular weight is 408 g/mol. The van der Waals surface area contributed by atoms with Crippen molar-refractivity contribution < 1.29 is 13.7 Å². The zero-order chi connectivity index (χ0) is 20.9. The van der Waals surface area contributed by atoms with Crippen LogP contribution in [0.3, 0.4) is 0 Å². The molecule has 6 nitrogen and oxygen atoms in total. The summed E-state index contributed by atoms with van der Waals surface area (Å²) in [5, 5.41) is 7.12. The van der Waals surface area contributed by atoms with E-state index in [0.29, 0.717) is 24.8 Å². The zero-order valence-electron chi connectivity index (χ0n) is 16.9. The Morgan fingerprint density at radius 2 is 2.00 bits per heavy atom. The van der Waals surface area contributed by atoms with Gasteiger partial charge in [0, 0.05) is 12.1 Å². The first-order valence-electron chi connectivity index (χ1n) is 10.2. The minimum absolute atomic E-state index is 0.0204. The molecule has 1 N–H and O–H groups in total. The Labute approximate surface area is 175 Å². The molecule has 2 atom stereocenters. The van der Waals surface area contributed by atoms with E-state index in [1.807, 2.05) is 37.3 Å². The molecule has 0 saturated carbocycles. The fourth-order valence-corrected chi connectivity index (χ4v) is 3.79. The van der Waals surface area contributed by atoms with Gasteiger partial charge in [-0.1, -0.05) is 47.6 Å². The summed E-state index contributed by atoms with van der Waals surface area (Å²) in [5.41, 5.74) is 1.80. The van der Waals surface area contributed by atoms with Gasteiger partial charge >= 0.3 is 0 Å². The number of hydrogen-bond acceptors (Lipinski definition) is 5. The number of rotatable bonds is 6. The number of benzene rings is 2. The van der Waals surface area contributed by atoms with Crippen LogP contribution in [-0.2, 0) is 11.3 Å². The van der Waals surface area contributed by atoms with Crippen molar-refractivity contribution in [2.75, 3.05) is 13.1 Å². The number of halogens is 1. The van der Waals surface area contributed by atoms with Gasteiger partial charge in [0.2, 0.25) is 17.6 Å². The number of carbonyl (C=O) groups excluding carboxylic acids is 1. The van der Waals surface area contributed by atoms with Crippen LogP contribution in [0, 0.1) is 11.7 Å². The second-order valence-electron chi connectivity index (χ2n) is 7.73. The largest absolute Gasteiger partial charge is 0.349 e. The maximum Gasteiger partial charge on any atom is 0.241 e. The SMILES string of the molecule is CC(NC(=O)C1CCCN(Cc2nc(-c3ccccc3)no2)C1)c1ccc(F)cc1. The van der Waals surface area contributed by atoms with Gasteiger partial charge in [-0.25, -0.2) is 4.39 Å². The highest BCUT2D eigenvalue weighted by Gasteiger charge is 2.27. The number of piperidine rings is 1. The Bertz CT molecular complexity index is 974. The summed E-state index contributed by atoms with van der Waals surface area (Å²) in [6.45, 7) is 3.97. The summed E-state index contributed by atoms with van der Waals surface area (Å²) in [7, 11) is 0. The van der Waals surface area contributed by atoms with Gasteiger partial charge in [0.1, 0.15) is 5.82 Å². The quantitative estimate of drug-likeness (QED) is 0.668. The lowest BCUT2D eigenvalue weighted by Crippen LogP contribution is -2.43. The van der Waals surface area contributed by atoms with Crippen molar-refractivity contribution in [1.82, 2.24) is 20.4 Å². The molecule has 0 aliphatic carbocycles. The monoisotopic (exact) mass is 408 g/mol. The van der Waals surface area contributed by atoms with Crippen molar-refractivity contribution in [2.45, 2.75) is 32.4 Å². The standard InChI is InChI=1S/C23H25FN4O2/c1-16(17-9-11-20(24)12-10-17)25-23(29)19-8-5-13-28(14-19)15-21-26-22(27-30-21)18-6-3-2-4-7-18/h2-4,6-7,9-12,16,19H,5,8,13-15H2,1H3,(H,25,29). The van der Waals surface area contributed by atoms with Crippen LogP contribution in [0.25, 0.3) is 11.4 Å². The molecule has 1 aromatic heterocycles. The van der Waals surface area contributed by atoms with Crippen LogP contribution in [0.1, 0.15) is 37.3 Å². The molecular formula is C23H25FN4O2. The Morgan fingerprint density at radius 1 is 1.23 bits per heavy atom. The number of carbonyl (C=O) groups is 1. The predicted molar refractivity (Wildman–Crippen MR) is 111 cm³/mol. The van der Waals surface area contributed by atoms with Crippen molar-refractivity contribution in [2.24, 2.45) is 5.92 Å². The molecule has 2 unspecified atom stereocenters. The molecule has 1 saturated heterocycles. The number of amides is 1. The van der Waals surface area contributed by atoms with Crippen LogP contribution < -0.4 is 5.32 Å². The second-order valence-corrected chi connectivity index (χ2v) is 7.73. The first kappa shape index (κ1) is 20.2. The van der Waals surface area contributed by atoms with Crippen molar-refractivity contribution >= 4 is 5.91 Å². The highest BCUT2D eigenvalue weighted by molar-refractivity contribution is 5.79. The second kappa shape index (κ2) is 9.17. The van der Waals surface area contributed by atoms with E-state index < -0.39 is 0 Å². The van der Waals surface area contributed by atoms with Crippen LogP contribution in [-0.4, -0.2) is 34.0 Å². The van der Waals surface area contributed by atoms with E-state index in [2.05, 4.69) is 20.4 Å². The molecule has 7 heteroatoms. The van der Waals surface area contributed by atoms with E-state index in [1.165, 1.54) is 12.1 Å². The maximum absolute atomic E-state index is 13.1. The molecule has 2 heterocycles. The van der Waals surface area contributed by atoms with E-state index in [1.54, 1.807) is 12.1 Å². The summed E-state index contributed by atoms with van der Waals surface area (Å²) in [5.74, 6) is 0.765. The third-order valence-electron chi connectivity index (χ3n) is 5.46. The van der Waals surface area contributed by atoms with Crippen LogP contribution in [0.4, 0.5) is 4.39 Å². The van der Waals surface area contributed by atoms with Crippen molar-refractivity contribution in [1.29, 1.82) is 0 Å². The molecule has 2 aromatic carbocycles. The summed E-state index contributed by atoms with van der Waals surface area (Å²) in [4.78, 5) is 19.4. The molecule has 0 spiro atoms. The Kier molecular flexibility index (Phi) is 6.18. The third-order valence-corrected chi connectivity index (χ3v) is 5.46. The molecule has 0 bridgehead atoms. The molecule has 4 rings (SSSR count). The number of aromatic nitrogens is 2. The van der Waals surface area contributed by atoms with Crippen LogP contribution in [0.15, 0.2) is 59.1 Å². The molecular weight excluding hydrogens is 383 g/mol. The predicted octanol–water partition coefficient (Wildman–Crippen LogP) is 3.97. The van der Waals surface area contributed by atoms with E-state index >= 15 is 0 Å². The van der Waals surface area contributed by atoms with E-state index in [-0.39, 0.29) is 23.7 Å². The zero-order valence-corrected chi connectivity index (χ0v) is 16.9. The smallest absolute Gasteiger partial charge is 0.241 e. The topological polar surface area (TPSA) is 71.3 Å². The Morgan fingerprint density at radius 3 is 2.77 bits per heavy atom. The van der Waals surface area contributed by atoms with Gasteiger partial charge in [-0.15, -0.1) is 0 Å². The molecule has 156 valence electrons. The molecule has 30 heavy (non-hydrogen) atoms. The molecule has 0 radical (unpaired) electrons. The van der Waals surface area contributed by atoms with Crippen LogP contribution in [0.2, 0.25) is 0 Å². The third kappa shape index (κ3) is 4.91. The Hall–Kier alpha value is -3.06. The van der Waals surface area contributed by atoms with E-state index in [4.69, 9.17) is 4.52 Å². The van der Waals surface area contributed by atoms with Gasteiger partial charge in [0.05, 0.1) is 18.5 Å². The van der Waals surface area contributed by atoms with Crippen LogP contribution in [0.5, 0.6) is 0 Å². The van der Waals surface area contributed by atoms with Gasteiger partial charge in [-0.3, -0.25) is 9.69 Å². The summed E-state index contributed by atoms with van der Waals surface area (Å²) < 4.78 is 18.5. The number of likely N-dealkylation sites (tertiary alicyclic amines) is 1. The highest BCUT2D eigenvalue weighted by Crippen LogP contribution is 2.22. The van der Waals surface area contributed by atoms with Crippen LogP contribution >= 0.6 is 0 Å². The summed E-state index contributed by atoms with van der Waals surface area (Å²) >= 11 is 0. The molecule has 3 aromatic rings. The Balaban J connectivity index is 1.33. The lowest BCUT2D eigenvalue weighted by molar-refractivity contribution is -0.127. The molecule has 1 fully saturated rings. The van der Waals surface area contributed by atoms with Crippen molar-refractivity contribution in [3.8, 4) is 11.4 Å². The normalized spacial score (nSPS) is 18.1. The lowest BCUT2D eigenvalue weighted by atomic mass is 9.96. The van der Waals surface area contributed by atoms with Crippen molar-refractivity contribution in [3.63, 3.8) is 0 Å². The van der Waals surface area contributed by atoms with Crippen molar-refractivity contribution in [3.05, 3.63) is 71.9 Å². The summed E-state index contributed by atoms with van der Waals surface area (Å²) in [6, 6.07) is 15.8. The first-order chi connectivity index (χ1) is 14.6. The molecule has 1 aliphatic rings. The minimum atomic E-state index is -0.281. The molecule has 1 aliphatic heterocycles. The highest BCUT2D eigenvalue weighted by atomic mass is 19.1. The number of hydrogen-bond donors (Lipinski definition) is 1. The van der Waals surface area contributed by atoms with E-state index in [0.717, 1.165) is 30.5 Å². The number of nitrogens with one attached hydrogen (secondary N) is 1. The fourth-order valence-electron chi connectivity index (χ4n) is 3.79. The molecule has 1 amide bonds. The van der Waals surface area contributed by atoms with Gasteiger partial charge in [0.25, 0.3) is 0 Å². The fraction of sp³-hybridized carbons (Fsp3) is 0.348. The number of nitrogens with zero attached hydrogens (tertiary/aromatic N) is 3. The van der Waals surface area contributed by atoms with Gasteiger partial charge in [-0.2, -0.15) is 4.98 Å². The lowest BCUT2D eigenvalue weighted by Gasteiger charge is -2.31. The summed E-state index contributed by atoms with van der Waals surface area (Å²) in [6.07, 6.45) is 1.78. The van der Waals surface area contributed by atoms with Gasteiger partial charge in [0.15, 0.2) is 0 Å². The average Bonchev–Trinajstić information content (AvgIpc) is 3.23. The minimum Gasteiger partial charge on any atom is -0.349 e. The van der Waals surface area contributed by atoms with Gasteiger partial charge in [-0.05, 0) is 44.0 Å². The van der Waals surface area contributed by atoms with E-state index in [9.17, 15) is 9.18 Å². The first-order valence-corrected chi connectivity index (χ1v) is 10.2. The maximum atomic E-state index is 13.1.